The molecule has 6 heterocycles. The zero-order chi connectivity index (χ0) is 102. The van der Waals surface area contributed by atoms with E-state index in [1.54, 1.807) is 86.8 Å². The quantitative estimate of drug-likeness (QED) is 0.0547. The lowest BCUT2D eigenvalue weighted by molar-refractivity contribution is -0.308. The second kappa shape index (κ2) is 55.7. The van der Waals surface area contributed by atoms with Crippen molar-refractivity contribution in [2.45, 2.75) is 341 Å². The Morgan fingerprint density at radius 3 is 1.73 bits per heavy atom. The number of hydrogen-bond donors (Lipinski definition) is 26. The molecule has 2 aromatic rings. The van der Waals surface area contributed by atoms with Gasteiger partial charge in [-0.1, -0.05) is 157 Å². The minimum absolute atomic E-state index is 0.00468. The highest BCUT2D eigenvalue weighted by atomic mass is 16.7. The molecule has 5 fully saturated rings. The zero-order valence-corrected chi connectivity index (χ0v) is 78.8. The van der Waals surface area contributed by atoms with Gasteiger partial charge >= 0.3 is 11.9 Å². The number of cyclic esters (lactones) is 1. The van der Waals surface area contributed by atoms with Gasteiger partial charge in [-0.05, 0) is 95.3 Å². The Kier molecular flexibility index (Phi) is 46.6. The highest BCUT2D eigenvalue weighted by molar-refractivity contribution is 6.00. The second-order valence-electron chi connectivity index (χ2n) is 36.8. The predicted molar refractivity (Wildman–Crippen MR) is 493 cm³/mol. The molecule has 0 aromatic heterocycles. The summed E-state index contributed by atoms with van der Waals surface area (Å²) in [7, 11) is 0. The van der Waals surface area contributed by atoms with E-state index in [0.717, 1.165) is 74.3 Å². The molecule has 0 spiro atoms. The van der Waals surface area contributed by atoms with E-state index in [1.807, 2.05) is 13.0 Å². The van der Waals surface area contributed by atoms with E-state index in [0.29, 0.717) is 12.4 Å². The Labute approximate surface area is 801 Å². The van der Waals surface area contributed by atoms with Gasteiger partial charge in [0.25, 0.3) is 5.91 Å². The summed E-state index contributed by atoms with van der Waals surface area (Å²) in [4.78, 5) is 126. The van der Waals surface area contributed by atoms with Crippen LogP contribution in [0.4, 0.5) is 0 Å². The van der Waals surface area contributed by atoms with E-state index in [9.17, 15) is 145 Å². The number of fused-ring (bicyclic) bond motifs is 4. The minimum atomic E-state index is -2.29. The lowest BCUT2D eigenvalue weighted by Crippen LogP contribution is -2.64. The lowest BCUT2D eigenvalue weighted by Gasteiger charge is -2.45. The maximum atomic E-state index is 14.4. The number of rotatable bonds is 18. The highest BCUT2D eigenvalue weighted by Gasteiger charge is 2.54. The number of nitrogens with two attached hydrogens (primary N) is 1. The molecule has 7 amide bonds. The summed E-state index contributed by atoms with van der Waals surface area (Å²) >= 11 is 0. The van der Waals surface area contributed by atoms with Crippen LogP contribution in [-0.4, -0.2) is 361 Å². The van der Waals surface area contributed by atoms with E-state index in [-0.39, 0.29) is 55.0 Å². The van der Waals surface area contributed by atoms with Crippen LogP contribution < -0.4 is 37.1 Å². The van der Waals surface area contributed by atoms with Gasteiger partial charge in [-0.25, -0.2) is 0 Å². The smallest absolute Gasteiger partial charge is 0.311 e. The Hall–Kier alpha value is -9.43. The van der Waals surface area contributed by atoms with Crippen LogP contribution in [-0.2, 0) is 57.3 Å². The first kappa shape index (κ1) is 116. The lowest BCUT2D eigenvalue weighted by atomic mass is 9.82. The van der Waals surface area contributed by atoms with Gasteiger partial charge in [0.15, 0.2) is 18.3 Å². The number of nitrogens with one attached hydrogen (secondary N) is 5. The fourth-order valence-electron chi connectivity index (χ4n) is 17.0. The number of amides is 7. The SMILES string of the molecule is CC1OC(O[C@H]2/C=C/C=C/C=C/C=C/C=C/C=C/C=C\[C@H](C)[C@@H](O)[C@H](C)[C@H](C)OC(=O)C[C@H](O)C[C@H](O)[C@@H](O)CC[C@H](O)C[C@H](O)C[C@]3(O)C[C@H](O)[C@@H](C(=O)O)[C@H](C2)O3)C(O)C(N)C1O.CCCCCCCCOc1ccc(C(=O)NC2CC(O)C(O)NC(=O)C3C(O)C(C)CN3C(=O)C(C(C)O)NC(=O)C(C(O)C(O)c3ccc(O)cc3)NC(=O)C3CC(O)CN3C(=O)C(C(C)O)NC2=O)cc1. The molecule has 0 saturated carbocycles. The summed E-state index contributed by atoms with van der Waals surface area (Å²) < 4.78 is 29.0. The van der Waals surface area contributed by atoms with E-state index in [1.165, 1.54) is 56.3 Å². The Bertz CT molecular complexity index is 4430. The molecule has 34 atom stereocenters. The van der Waals surface area contributed by atoms with Gasteiger partial charge in [0.1, 0.15) is 84.2 Å². The van der Waals surface area contributed by atoms with Crippen molar-refractivity contribution < 1.29 is 169 Å². The highest BCUT2D eigenvalue weighted by Crippen LogP contribution is 2.39. The monoisotopic (exact) mass is 1950 g/mol. The van der Waals surface area contributed by atoms with Crippen molar-refractivity contribution >= 4 is 53.3 Å². The van der Waals surface area contributed by atoms with Crippen LogP contribution in [0.2, 0.25) is 0 Å². The molecule has 6 aliphatic rings. The Balaban J connectivity index is 0.000000378. The Morgan fingerprint density at radius 1 is 0.558 bits per heavy atom. The van der Waals surface area contributed by atoms with Gasteiger partial charge in [-0.3, -0.25) is 43.2 Å². The number of carbonyl (C=O) groups is 9. The first-order chi connectivity index (χ1) is 65.1. The molecule has 2 bridgehead atoms. The number of nitrogens with zero attached hydrogens (tertiary/aromatic N) is 2. The minimum Gasteiger partial charge on any atom is -0.508 e. The van der Waals surface area contributed by atoms with E-state index >= 15 is 0 Å². The van der Waals surface area contributed by atoms with Crippen molar-refractivity contribution in [2.24, 2.45) is 29.4 Å². The third-order valence-electron chi connectivity index (χ3n) is 25.4. The van der Waals surface area contributed by atoms with E-state index < -0.39 is 299 Å². The number of aliphatic hydroxyl groups is 18. The summed E-state index contributed by atoms with van der Waals surface area (Å²) in [6.07, 6.45) is -6.81. The molecule has 138 heavy (non-hydrogen) atoms. The fraction of sp³-hybridized carbons (Fsp3) is 0.635. The number of allylic oxidation sites excluding steroid dienone is 12. The molecule has 772 valence electrons. The number of benzene rings is 2. The number of ether oxygens (including phenoxy) is 5. The number of carboxylic acids is 1. The largest absolute Gasteiger partial charge is 0.508 e. The van der Waals surface area contributed by atoms with Crippen molar-refractivity contribution in [3.8, 4) is 11.5 Å². The van der Waals surface area contributed by atoms with Gasteiger partial charge in [0, 0.05) is 74.9 Å². The number of phenolic OH excluding ortho intramolecular Hbond substituents is 1. The van der Waals surface area contributed by atoms with Crippen molar-refractivity contribution in [1.29, 1.82) is 0 Å². The van der Waals surface area contributed by atoms with Crippen LogP contribution in [0.15, 0.2) is 134 Å². The number of phenols is 1. The fourth-order valence-corrected chi connectivity index (χ4v) is 17.0. The molecule has 20 unspecified atom stereocenters. The molecule has 42 heteroatoms. The maximum absolute atomic E-state index is 14.4. The zero-order valence-electron chi connectivity index (χ0n) is 78.8. The number of esters is 1. The standard InChI is InChI=1S/C49H71N7O17.C47H73NO17/c1-5-6-7-8-9-10-19-73-31-17-13-28(14-18-31)42(65)50-32-21-34(61)45(68)54-47(70)38-39(62)24(2)22-56(38)49(72)36(26(4)58)52-46(69)37(41(64)40(63)27-11-15-29(59)16-12-27)53-44(67)33-20-30(60)23-55(33)48(71)35(25(3)57)51-43(32)66;1-27-17-15-13-11-9-7-5-6-8-10-12-14-16-18-34(64-46-44(58)41(48)43(57)30(4)63-46)24-38-40(45(59)60)37(54)26-47(61,65-38)25-33(51)21-31(49)19-20-35(52)36(53)22-32(50)23-39(55)62-29(3)28(2)42(27)56/h11-18,24-26,30,32-41,45,57-64,68H,5-10,19-23H2,1-4H3,(H,50,65)(H,51,66)(H,52,69)(H,53,67)(H,54,70);5-18,27-38,40-44,46,49-54,56-58,61H,19-26,48H2,1-4H3,(H,59,60)/b;6-5+,9-7+,10-8+,13-11+,14-12+,17-15-,18-16+/t;27-,28+,29-,30?,31-,32+,33-,34-,35-,36-,37-,38-,40+,41?,42+,43?,44?,46?,47+/m.0/s1. The number of carbonyl (C=O) groups excluding carboxylic acids is 8. The molecule has 0 radical (unpaired) electrons. The first-order valence-electron chi connectivity index (χ1n) is 47.0. The Morgan fingerprint density at radius 2 is 1.13 bits per heavy atom. The molecular weight excluding hydrogens is 1810 g/mol. The summed E-state index contributed by atoms with van der Waals surface area (Å²) in [5.41, 5.74) is 5.95. The van der Waals surface area contributed by atoms with Crippen LogP contribution in [0.3, 0.4) is 0 Å². The summed E-state index contributed by atoms with van der Waals surface area (Å²) in [5, 5.41) is 229. The van der Waals surface area contributed by atoms with Crippen LogP contribution >= 0.6 is 0 Å². The normalized spacial score (nSPS) is 37.1. The van der Waals surface area contributed by atoms with E-state index in [2.05, 4.69) is 33.5 Å². The number of aromatic hydroxyl groups is 1. The summed E-state index contributed by atoms with van der Waals surface area (Å²) in [6.45, 7) is 12.0. The van der Waals surface area contributed by atoms with Gasteiger partial charge in [0.05, 0.1) is 111 Å². The third-order valence-corrected chi connectivity index (χ3v) is 25.4. The second-order valence-corrected chi connectivity index (χ2v) is 36.8. The average Bonchev–Trinajstić information content (AvgIpc) is 1.59. The van der Waals surface area contributed by atoms with Crippen molar-refractivity contribution in [3.05, 3.63) is 145 Å². The molecule has 6 aliphatic heterocycles. The number of aliphatic hydroxyl groups excluding tert-OH is 17. The molecular formula is C96H144N8O34. The topological polar surface area (TPSA) is 697 Å². The van der Waals surface area contributed by atoms with Crippen LogP contribution in [0.5, 0.6) is 11.5 Å². The van der Waals surface area contributed by atoms with Crippen LogP contribution in [0.1, 0.15) is 180 Å². The predicted octanol–water partition coefficient (Wildman–Crippen LogP) is -2.38. The molecule has 2 aromatic carbocycles. The molecule has 42 nitrogen and oxygen atoms in total. The van der Waals surface area contributed by atoms with Crippen molar-refractivity contribution in [2.75, 3.05) is 19.7 Å². The van der Waals surface area contributed by atoms with Crippen molar-refractivity contribution in [3.63, 3.8) is 0 Å². The molecule has 8 rings (SSSR count). The molecule has 27 N–H and O–H groups in total. The van der Waals surface area contributed by atoms with Crippen LogP contribution in [0.25, 0.3) is 0 Å². The number of aliphatic carboxylic acids is 1. The third kappa shape index (κ3) is 34.5. The van der Waals surface area contributed by atoms with Gasteiger partial charge in [-0.15, -0.1) is 0 Å². The van der Waals surface area contributed by atoms with Gasteiger partial charge < -0.3 is 168 Å². The van der Waals surface area contributed by atoms with Crippen LogP contribution in [0, 0.1) is 23.7 Å². The summed E-state index contributed by atoms with van der Waals surface area (Å²) in [6, 6.07) is -2.16. The van der Waals surface area contributed by atoms with E-state index in [4.69, 9.17) is 29.4 Å². The number of hydrogen-bond acceptors (Lipinski definition) is 34. The number of unbranched alkanes of at least 4 members (excludes halogenated alkanes) is 5. The van der Waals surface area contributed by atoms with Crippen molar-refractivity contribution in [1.82, 2.24) is 36.4 Å². The first-order valence-corrected chi connectivity index (χ1v) is 47.0. The molecule has 0 aliphatic carbocycles. The van der Waals surface area contributed by atoms with Gasteiger partial charge in [0.2, 0.25) is 35.4 Å². The number of carboxylic acid groups (broad SMARTS) is 1. The van der Waals surface area contributed by atoms with Gasteiger partial charge in [-0.2, -0.15) is 0 Å². The molecule has 5 saturated heterocycles. The summed E-state index contributed by atoms with van der Waals surface area (Å²) in [5.74, 6) is -15.8. The maximum Gasteiger partial charge on any atom is 0.311 e. The average molecular weight is 1950 g/mol.